The van der Waals surface area contributed by atoms with Crippen LogP contribution in [0.4, 0.5) is 0 Å². The van der Waals surface area contributed by atoms with Crippen LogP contribution < -0.4 is 5.32 Å². The van der Waals surface area contributed by atoms with Crippen molar-refractivity contribution in [2.24, 2.45) is 5.92 Å². The van der Waals surface area contributed by atoms with Crippen LogP contribution >= 0.6 is 0 Å². The van der Waals surface area contributed by atoms with Crippen LogP contribution in [0.5, 0.6) is 0 Å². The molecule has 11 heteroatoms. The second kappa shape index (κ2) is 9.44. The van der Waals surface area contributed by atoms with Crippen molar-refractivity contribution in [1.82, 2.24) is 5.32 Å². The monoisotopic (exact) mass is 407 g/mol. The van der Waals surface area contributed by atoms with Crippen molar-refractivity contribution in [2.75, 3.05) is 13.7 Å². The number of methoxy groups -OCH3 is 1. The summed E-state index contributed by atoms with van der Waals surface area (Å²) in [5.74, 6) is -2.80. The van der Waals surface area contributed by atoms with Gasteiger partial charge in [-0.2, -0.15) is 0 Å². The third-order valence-corrected chi connectivity index (χ3v) is 5.41. The largest absolute Gasteiger partial charge is 0.479 e. The number of hydrogen-bond acceptors (Lipinski definition) is 9. The van der Waals surface area contributed by atoms with Gasteiger partial charge in [-0.25, -0.2) is 4.79 Å². The van der Waals surface area contributed by atoms with Gasteiger partial charge in [-0.3, -0.25) is 4.79 Å². The Balaban J connectivity index is 2.31. The van der Waals surface area contributed by atoms with E-state index < -0.39 is 79.3 Å². The lowest BCUT2D eigenvalue weighted by molar-refractivity contribution is -0.231. The molecule has 11 nitrogen and oxygen atoms in total. The Kier molecular flexibility index (Phi) is 7.73. The standard InChI is InChI=1S/C17H29NO10/c1-6-12(21)13(22)8(15(27-6)17(24)25)4-9-11(18-7(2)20)16(26-3)14(23)10(5-19)28-9/h6,8-16,19,21-23H,4-5H2,1-3H3,(H,18,20)(H,24,25)/t6-,8-,9-,10?,11?,12+,13-,14-,15?,16+/m0/s1. The van der Waals surface area contributed by atoms with Crippen molar-refractivity contribution in [3.63, 3.8) is 0 Å². The average molecular weight is 407 g/mol. The third kappa shape index (κ3) is 4.62. The normalized spacial score (nSPS) is 44.1. The second-order valence-electron chi connectivity index (χ2n) is 7.29. The number of aliphatic hydroxyl groups excluding tert-OH is 4. The lowest BCUT2D eigenvalue weighted by atomic mass is 9.79. The zero-order valence-corrected chi connectivity index (χ0v) is 16.0. The van der Waals surface area contributed by atoms with Crippen LogP contribution in [0.1, 0.15) is 20.3 Å². The Hall–Kier alpha value is -1.34. The number of aliphatic carboxylic acids is 1. The lowest BCUT2D eigenvalue weighted by Gasteiger charge is -2.47. The maximum absolute atomic E-state index is 11.6. The Morgan fingerprint density at radius 2 is 1.71 bits per heavy atom. The van der Waals surface area contributed by atoms with E-state index in [1.54, 1.807) is 0 Å². The van der Waals surface area contributed by atoms with Crippen LogP contribution in [0.25, 0.3) is 0 Å². The fraction of sp³-hybridized carbons (Fsp3) is 0.882. The van der Waals surface area contributed by atoms with Crippen LogP contribution in [-0.4, -0.2) is 106 Å². The van der Waals surface area contributed by atoms with Gasteiger partial charge in [-0.05, 0) is 13.3 Å². The number of ether oxygens (including phenoxy) is 3. The van der Waals surface area contributed by atoms with E-state index in [2.05, 4.69) is 5.32 Å². The summed E-state index contributed by atoms with van der Waals surface area (Å²) in [5, 5.41) is 52.5. The summed E-state index contributed by atoms with van der Waals surface area (Å²) < 4.78 is 16.3. The molecule has 28 heavy (non-hydrogen) atoms. The van der Waals surface area contributed by atoms with Crippen LogP contribution in [0.3, 0.4) is 0 Å². The van der Waals surface area contributed by atoms with Gasteiger partial charge < -0.3 is 45.1 Å². The first-order valence-corrected chi connectivity index (χ1v) is 9.11. The molecule has 1 amide bonds. The predicted octanol–water partition coefficient (Wildman–Crippen LogP) is -2.77. The molecule has 2 aliphatic heterocycles. The van der Waals surface area contributed by atoms with E-state index in [4.69, 9.17) is 14.2 Å². The quantitative estimate of drug-likeness (QED) is 0.270. The molecule has 0 aromatic carbocycles. The summed E-state index contributed by atoms with van der Waals surface area (Å²) in [6, 6.07) is -0.876. The van der Waals surface area contributed by atoms with Gasteiger partial charge in [0.1, 0.15) is 24.4 Å². The van der Waals surface area contributed by atoms with Gasteiger partial charge in [-0.15, -0.1) is 0 Å². The number of rotatable bonds is 6. The first-order chi connectivity index (χ1) is 13.1. The van der Waals surface area contributed by atoms with E-state index in [1.165, 1.54) is 21.0 Å². The Morgan fingerprint density at radius 1 is 1.07 bits per heavy atom. The highest BCUT2D eigenvalue weighted by molar-refractivity contribution is 5.74. The van der Waals surface area contributed by atoms with Crippen molar-refractivity contribution in [3.8, 4) is 0 Å². The number of carboxylic acid groups (broad SMARTS) is 1. The van der Waals surface area contributed by atoms with E-state index in [0.717, 1.165) is 0 Å². The Labute approximate surface area is 162 Å². The SMILES string of the molecule is CO[C@@H]1C(NC(C)=O)[C@H](C[C@@H]2C(C(=O)O)O[C@@H](C)[C@@H](O)[C@H]2O)OC(CO)[C@@H]1O. The van der Waals surface area contributed by atoms with Crippen LogP contribution in [0.15, 0.2) is 0 Å². The molecule has 2 heterocycles. The molecule has 0 aromatic heterocycles. The molecule has 10 atom stereocenters. The van der Waals surface area contributed by atoms with Crippen LogP contribution in [0.2, 0.25) is 0 Å². The first kappa shape index (κ1) is 22.9. The highest BCUT2D eigenvalue weighted by Gasteiger charge is 2.51. The molecule has 6 N–H and O–H groups in total. The van der Waals surface area contributed by atoms with Crippen molar-refractivity contribution in [3.05, 3.63) is 0 Å². The summed E-state index contributed by atoms with van der Waals surface area (Å²) in [5.41, 5.74) is 0. The van der Waals surface area contributed by atoms with E-state index in [-0.39, 0.29) is 6.42 Å². The van der Waals surface area contributed by atoms with Crippen molar-refractivity contribution >= 4 is 11.9 Å². The zero-order valence-electron chi connectivity index (χ0n) is 16.0. The molecule has 0 aliphatic carbocycles. The lowest BCUT2D eigenvalue weighted by Crippen LogP contribution is -2.66. The molecule has 2 aliphatic rings. The molecular formula is C17H29NO10. The summed E-state index contributed by atoms with van der Waals surface area (Å²) in [4.78, 5) is 23.3. The number of hydrogen-bond donors (Lipinski definition) is 6. The molecule has 0 saturated carbocycles. The number of nitrogens with one attached hydrogen (secondary N) is 1. The molecule has 2 rings (SSSR count). The summed E-state index contributed by atoms with van der Waals surface area (Å²) in [6.45, 7) is 2.19. The van der Waals surface area contributed by atoms with Crippen molar-refractivity contribution in [2.45, 2.75) is 75.1 Å². The van der Waals surface area contributed by atoms with Gasteiger partial charge in [0.05, 0.1) is 31.0 Å². The maximum atomic E-state index is 11.6. The molecule has 0 spiro atoms. The van der Waals surface area contributed by atoms with Gasteiger partial charge in [0.15, 0.2) is 6.10 Å². The van der Waals surface area contributed by atoms with Gasteiger partial charge in [-0.1, -0.05) is 0 Å². The number of carbonyl (C=O) groups is 2. The Morgan fingerprint density at radius 3 is 2.21 bits per heavy atom. The highest BCUT2D eigenvalue weighted by atomic mass is 16.6. The minimum Gasteiger partial charge on any atom is -0.479 e. The fourth-order valence-corrected chi connectivity index (χ4v) is 3.97. The second-order valence-corrected chi connectivity index (χ2v) is 7.29. The summed E-state index contributed by atoms with van der Waals surface area (Å²) in [7, 11) is 1.32. The summed E-state index contributed by atoms with van der Waals surface area (Å²) >= 11 is 0. The third-order valence-electron chi connectivity index (χ3n) is 5.41. The van der Waals surface area contributed by atoms with E-state index in [0.29, 0.717) is 0 Å². The molecule has 3 unspecified atom stereocenters. The smallest absolute Gasteiger partial charge is 0.333 e. The molecule has 0 radical (unpaired) electrons. The maximum Gasteiger partial charge on any atom is 0.333 e. The molecular weight excluding hydrogens is 378 g/mol. The molecule has 2 fully saturated rings. The van der Waals surface area contributed by atoms with E-state index in [1.807, 2.05) is 0 Å². The number of amides is 1. The molecule has 2 saturated heterocycles. The van der Waals surface area contributed by atoms with Crippen molar-refractivity contribution in [1.29, 1.82) is 0 Å². The average Bonchev–Trinajstić information content (AvgIpc) is 2.63. The van der Waals surface area contributed by atoms with Crippen LogP contribution in [0, 0.1) is 5.92 Å². The highest BCUT2D eigenvalue weighted by Crippen LogP contribution is 2.34. The number of aliphatic hydroxyl groups is 4. The van der Waals surface area contributed by atoms with E-state index >= 15 is 0 Å². The summed E-state index contributed by atoms with van der Waals surface area (Å²) in [6.07, 6.45) is -9.26. The van der Waals surface area contributed by atoms with Gasteiger partial charge in [0.25, 0.3) is 0 Å². The minimum atomic E-state index is -1.41. The molecule has 162 valence electrons. The molecule has 0 aromatic rings. The minimum absolute atomic E-state index is 0.129. The Bertz CT molecular complexity index is 560. The van der Waals surface area contributed by atoms with Gasteiger partial charge in [0, 0.05) is 20.0 Å². The number of carbonyl (C=O) groups excluding carboxylic acids is 1. The van der Waals surface area contributed by atoms with Crippen LogP contribution in [-0.2, 0) is 23.8 Å². The van der Waals surface area contributed by atoms with E-state index in [9.17, 15) is 35.1 Å². The fourth-order valence-electron chi connectivity index (χ4n) is 3.97. The predicted molar refractivity (Wildman–Crippen MR) is 92.2 cm³/mol. The molecule has 0 bridgehead atoms. The van der Waals surface area contributed by atoms with Gasteiger partial charge in [0.2, 0.25) is 5.91 Å². The first-order valence-electron chi connectivity index (χ1n) is 9.11. The zero-order chi connectivity index (χ0) is 21.2. The topological polar surface area (TPSA) is 175 Å². The van der Waals surface area contributed by atoms with Gasteiger partial charge >= 0.3 is 5.97 Å². The van der Waals surface area contributed by atoms with Crippen molar-refractivity contribution < 1.29 is 49.3 Å². The number of carboxylic acids is 1.